The van der Waals surface area contributed by atoms with Crippen LogP contribution < -0.4 is 10.5 Å². The number of likely N-dealkylation sites (N-methyl/N-ethyl adjacent to an activating group) is 1. The van der Waals surface area contributed by atoms with Crippen LogP contribution in [0.25, 0.3) is 10.2 Å². The van der Waals surface area contributed by atoms with Gasteiger partial charge in [-0.1, -0.05) is 12.1 Å². The summed E-state index contributed by atoms with van der Waals surface area (Å²) in [6.07, 6.45) is 0. The van der Waals surface area contributed by atoms with Crippen molar-refractivity contribution in [3.05, 3.63) is 53.5 Å². The topological polar surface area (TPSA) is 105 Å². The van der Waals surface area contributed by atoms with Crippen LogP contribution in [-0.4, -0.2) is 37.8 Å². The number of hydrogen-bond donors (Lipinski definition) is 2. The van der Waals surface area contributed by atoms with E-state index >= 15 is 0 Å². The van der Waals surface area contributed by atoms with Crippen LogP contribution in [0.15, 0.2) is 53.4 Å². The van der Waals surface area contributed by atoms with Gasteiger partial charge in [0.05, 0.1) is 28.2 Å². The molecule has 0 spiro atoms. The molecule has 136 valence electrons. The summed E-state index contributed by atoms with van der Waals surface area (Å²) in [7, 11) is -1.90. The third-order valence-corrected chi connectivity index (χ3v) is 5.57. The van der Waals surface area contributed by atoms with Gasteiger partial charge in [-0.15, -0.1) is 11.3 Å². The molecule has 3 aromatic rings. The molecule has 0 unspecified atom stereocenters. The number of nitrogens with one attached hydrogen (secondary N) is 1. The van der Waals surface area contributed by atoms with Gasteiger partial charge in [0, 0.05) is 5.69 Å². The molecule has 2 aromatic carbocycles. The van der Waals surface area contributed by atoms with Gasteiger partial charge in [0.15, 0.2) is 0 Å². The molecule has 0 saturated heterocycles. The van der Waals surface area contributed by atoms with Gasteiger partial charge in [0.2, 0.25) is 15.9 Å². The second kappa shape index (κ2) is 7.50. The lowest BCUT2D eigenvalue weighted by Crippen LogP contribution is -2.29. The summed E-state index contributed by atoms with van der Waals surface area (Å²) >= 11 is 1.61. The number of benzene rings is 2. The second-order valence-electron chi connectivity index (χ2n) is 5.87. The Kier molecular flexibility index (Phi) is 5.33. The number of carbonyl (C=O) groups is 1. The van der Waals surface area contributed by atoms with Gasteiger partial charge in [0.25, 0.3) is 0 Å². The van der Waals surface area contributed by atoms with E-state index in [-0.39, 0.29) is 17.3 Å². The molecule has 0 bridgehead atoms. The van der Waals surface area contributed by atoms with Gasteiger partial charge >= 0.3 is 0 Å². The predicted molar refractivity (Wildman–Crippen MR) is 102 cm³/mol. The Balaban J connectivity index is 1.57. The highest BCUT2D eigenvalue weighted by Crippen LogP contribution is 2.22. The van der Waals surface area contributed by atoms with E-state index in [0.717, 1.165) is 15.2 Å². The second-order valence-corrected chi connectivity index (χ2v) is 8.54. The SMILES string of the molecule is CN(CC(=O)Nc1ccc(S(N)(=O)=O)cc1)Cc1nc2ccccc2s1. The Hall–Kier alpha value is -2.33. The van der Waals surface area contributed by atoms with Crippen molar-refractivity contribution in [2.45, 2.75) is 11.4 Å². The number of rotatable bonds is 6. The maximum atomic E-state index is 12.2. The molecule has 1 aromatic heterocycles. The van der Waals surface area contributed by atoms with Crippen LogP contribution in [0, 0.1) is 0 Å². The van der Waals surface area contributed by atoms with Gasteiger partial charge in [-0.2, -0.15) is 0 Å². The molecule has 3 N–H and O–H groups in total. The fraction of sp³-hybridized carbons (Fsp3) is 0.176. The van der Waals surface area contributed by atoms with Gasteiger partial charge in [-0.3, -0.25) is 9.69 Å². The van der Waals surface area contributed by atoms with Crippen molar-refractivity contribution in [2.75, 3.05) is 18.9 Å². The number of thiazole rings is 1. The molecule has 0 radical (unpaired) electrons. The Bertz CT molecular complexity index is 997. The molecule has 1 amide bonds. The maximum Gasteiger partial charge on any atom is 0.238 e. The first kappa shape index (κ1) is 18.5. The first-order chi connectivity index (χ1) is 12.3. The summed E-state index contributed by atoms with van der Waals surface area (Å²) in [5.74, 6) is -0.197. The molecule has 0 aliphatic carbocycles. The summed E-state index contributed by atoms with van der Waals surface area (Å²) in [6.45, 7) is 0.754. The van der Waals surface area contributed by atoms with E-state index < -0.39 is 10.0 Å². The van der Waals surface area contributed by atoms with E-state index in [9.17, 15) is 13.2 Å². The van der Waals surface area contributed by atoms with Crippen molar-refractivity contribution < 1.29 is 13.2 Å². The number of carbonyl (C=O) groups excluding carboxylic acids is 1. The smallest absolute Gasteiger partial charge is 0.238 e. The van der Waals surface area contributed by atoms with Crippen LogP contribution in [0.5, 0.6) is 0 Å². The van der Waals surface area contributed by atoms with E-state index in [4.69, 9.17) is 5.14 Å². The highest BCUT2D eigenvalue weighted by molar-refractivity contribution is 7.89. The zero-order chi connectivity index (χ0) is 18.7. The molecule has 26 heavy (non-hydrogen) atoms. The Morgan fingerprint density at radius 3 is 2.54 bits per heavy atom. The first-order valence-electron chi connectivity index (χ1n) is 7.77. The normalized spacial score (nSPS) is 11.8. The van der Waals surface area contributed by atoms with Crippen LogP contribution >= 0.6 is 11.3 Å². The molecule has 1 heterocycles. The Morgan fingerprint density at radius 1 is 1.19 bits per heavy atom. The molecule has 0 aliphatic heterocycles. The third kappa shape index (κ3) is 4.64. The minimum atomic E-state index is -3.74. The molecule has 0 aliphatic rings. The van der Waals surface area contributed by atoms with Crippen molar-refractivity contribution in [3.8, 4) is 0 Å². The minimum Gasteiger partial charge on any atom is -0.325 e. The van der Waals surface area contributed by atoms with E-state index in [2.05, 4.69) is 10.3 Å². The molecule has 0 fully saturated rings. The zero-order valence-electron chi connectivity index (χ0n) is 14.0. The molecule has 7 nitrogen and oxygen atoms in total. The van der Waals surface area contributed by atoms with Gasteiger partial charge in [-0.05, 0) is 43.4 Å². The fourth-order valence-electron chi connectivity index (χ4n) is 2.45. The van der Waals surface area contributed by atoms with Gasteiger partial charge in [-0.25, -0.2) is 18.5 Å². The number of sulfonamides is 1. The number of aromatic nitrogens is 1. The summed E-state index contributed by atoms with van der Waals surface area (Å²) in [5.41, 5.74) is 1.47. The number of anilines is 1. The monoisotopic (exact) mass is 390 g/mol. The number of primary sulfonamides is 1. The standard InChI is InChI=1S/C17H18N4O3S2/c1-21(11-17-20-14-4-2-3-5-15(14)25-17)10-16(22)19-12-6-8-13(9-7-12)26(18,23)24/h2-9H,10-11H2,1H3,(H,19,22)(H2,18,23,24). The predicted octanol–water partition coefficient (Wildman–Crippen LogP) is 2.01. The number of nitrogens with zero attached hydrogens (tertiary/aromatic N) is 2. The van der Waals surface area contributed by atoms with Crippen LogP contribution in [0.2, 0.25) is 0 Å². The van der Waals surface area contributed by atoms with Crippen LogP contribution in [0.1, 0.15) is 5.01 Å². The largest absolute Gasteiger partial charge is 0.325 e. The Morgan fingerprint density at radius 2 is 1.88 bits per heavy atom. The van der Waals surface area contributed by atoms with Crippen molar-refractivity contribution in [2.24, 2.45) is 5.14 Å². The van der Waals surface area contributed by atoms with Crippen LogP contribution in [0.4, 0.5) is 5.69 Å². The van der Waals surface area contributed by atoms with Crippen molar-refractivity contribution in [1.29, 1.82) is 0 Å². The molecule has 0 saturated carbocycles. The fourth-order valence-corrected chi connectivity index (χ4v) is 4.01. The molecule has 0 atom stereocenters. The third-order valence-electron chi connectivity index (χ3n) is 3.62. The highest BCUT2D eigenvalue weighted by Gasteiger charge is 2.12. The van der Waals surface area contributed by atoms with Crippen LogP contribution in [0.3, 0.4) is 0 Å². The van der Waals surface area contributed by atoms with Crippen molar-refractivity contribution in [1.82, 2.24) is 9.88 Å². The maximum absolute atomic E-state index is 12.2. The molecular formula is C17H18N4O3S2. The summed E-state index contributed by atoms with van der Waals surface area (Å²) < 4.78 is 23.6. The molecular weight excluding hydrogens is 372 g/mol. The quantitative estimate of drug-likeness (QED) is 0.670. The van der Waals surface area contributed by atoms with Gasteiger partial charge < -0.3 is 5.32 Å². The Labute approximate surface area is 155 Å². The van der Waals surface area contributed by atoms with Gasteiger partial charge in [0.1, 0.15) is 5.01 Å². The van der Waals surface area contributed by atoms with E-state index in [1.165, 1.54) is 24.3 Å². The lowest BCUT2D eigenvalue weighted by molar-refractivity contribution is -0.117. The van der Waals surface area contributed by atoms with E-state index in [1.807, 2.05) is 36.2 Å². The van der Waals surface area contributed by atoms with Crippen molar-refractivity contribution >= 4 is 43.2 Å². The highest BCUT2D eigenvalue weighted by atomic mass is 32.2. The number of nitrogens with two attached hydrogens (primary N) is 1. The molecule has 3 rings (SSSR count). The molecule has 9 heteroatoms. The number of para-hydroxylation sites is 1. The first-order valence-corrected chi connectivity index (χ1v) is 10.1. The summed E-state index contributed by atoms with van der Waals surface area (Å²) in [5, 5.41) is 8.72. The van der Waals surface area contributed by atoms with Crippen LogP contribution in [-0.2, 0) is 21.4 Å². The summed E-state index contributed by atoms with van der Waals surface area (Å²) in [6, 6.07) is 13.6. The van der Waals surface area contributed by atoms with Crippen molar-refractivity contribution in [3.63, 3.8) is 0 Å². The number of hydrogen-bond acceptors (Lipinski definition) is 6. The number of amides is 1. The van der Waals surface area contributed by atoms with E-state index in [1.54, 1.807) is 11.3 Å². The lowest BCUT2D eigenvalue weighted by atomic mass is 10.3. The lowest BCUT2D eigenvalue weighted by Gasteiger charge is -2.14. The minimum absolute atomic E-state index is 0.00320. The number of fused-ring (bicyclic) bond motifs is 1. The summed E-state index contributed by atoms with van der Waals surface area (Å²) in [4.78, 5) is 18.6. The average molecular weight is 390 g/mol. The van der Waals surface area contributed by atoms with E-state index in [0.29, 0.717) is 12.2 Å². The zero-order valence-corrected chi connectivity index (χ0v) is 15.7. The average Bonchev–Trinajstić information content (AvgIpc) is 2.96.